The molecule has 1 unspecified atom stereocenters. The molecule has 1 atom stereocenters. The van der Waals surface area contributed by atoms with Crippen LogP contribution in [0.5, 0.6) is 0 Å². The molecular weight excluding hydrogens is 200 g/mol. The molecule has 1 saturated carbocycles. The number of hydrogen-bond acceptors (Lipinski definition) is 1. The van der Waals surface area contributed by atoms with Gasteiger partial charge in [0.15, 0.2) is 0 Å². The third kappa shape index (κ3) is 3.57. The highest BCUT2D eigenvalue weighted by Gasteiger charge is 2.23. The summed E-state index contributed by atoms with van der Waals surface area (Å²) < 4.78 is 0. The Labute approximate surface area is 96.2 Å². The number of rotatable bonds is 4. The topological polar surface area (TPSA) is 41.1 Å². The second kappa shape index (κ2) is 5.01. The molecule has 1 aromatic carbocycles. The molecule has 3 heteroatoms. The van der Waals surface area contributed by atoms with Crippen LogP contribution in [-0.4, -0.2) is 18.1 Å². The monoisotopic (exact) mass is 218 g/mol. The van der Waals surface area contributed by atoms with E-state index in [2.05, 4.69) is 22.8 Å². The average Bonchev–Trinajstić information content (AvgIpc) is 3.02. The first-order chi connectivity index (χ1) is 7.74. The highest BCUT2D eigenvalue weighted by molar-refractivity contribution is 5.74. The Hall–Kier alpha value is -1.51. The Morgan fingerprint density at radius 3 is 2.69 bits per heavy atom. The second-order valence-corrected chi connectivity index (χ2v) is 4.48. The molecular formula is C13H18N2O. The Balaban J connectivity index is 1.74. The van der Waals surface area contributed by atoms with E-state index in [1.165, 1.54) is 5.56 Å². The highest BCUT2D eigenvalue weighted by Crippen LogP contribution is 2.18. The summed E-state index contributed by atoms with van der Waals surface area (Å²) in [6, 6.07) is 10.8. The SMILES string of the molecule is CC(Cc1ccccc1)NC(=O)NC1CC1. The van der Waals surface area contributed by atoms with Gasteiger partial charge in [0, 0.05) is 12.1 Å². The number of hydrogen-bond donors (Lipinski definition) is 2. The maximum Gasteiger partial charge on any atom is 0.315 e. The summed E-state index contributed by atoms with van der Waals surface area (Å²) in [5.41, 5.74) is 1.25. The van der Waals surface area contributed by atoms with Crippen molar-refractivity contribution in [3.8, 4) is 0 Å². The number of carbonyl (C=O) groups excluding carboxylic acids is 1. The van der Waals surface area contributed by atoms with Crippen LogP contribution in [0.25, 0.3) is 0 Å². The predicted octanol–water partition coefficient (Wildman–Crippen LogP) is 2.08. The normalized spacial score (nSPS) is 16.6. The lowest BCUT2D eigenvalue weighted by Gasteiger charge is -2.14. The number of carbonyl (C=O) groups is 1. The van der Waals surface area contributed by atoms with Gasteiger partial charge in [-0.3, -0.25) is 0 Å². The molecule has 0 aliphatic heterocycles. The zero-order chi connectivity index (χ0) is 11.4. The Bertz CT molecular complexity index is 346. The van der Waals surface area contributed by atoms with E-state index in [0.717, 1.165) is 19.3 Å². The molecule has 0 radical (unpaired) electrons. The maximum absolute atomic E-state index is 11.5. The number of amides is 2. The van der Waals surface area contributed by atoms with E-state index >= 15 is 0 Å². The van der Waals surface area contributed by atoms with Crippen LogP contribution in [0.15, 0.2) is 30.3 Å². The van der Waals surface area contributed by atoms with Crippen molar-refractivity contribution < 1.29 is 4.79 Å². The molecule has 1 aliphatic carbocycles. The lowest BCUT2D eigenvalue weighted by molar-refractivity contribution is 0.237. The average molecular weight is 218 g/mol. The first-order valence-corrected chi connectivity index (χ1v) is 5.85. The minimum absolute atomic E-state index is 0.0362. The van der Waals surface area contributed by atoms with E-state index in [4.69, 9.17) is 0 Å². The second-order valence-electron chi connectivity index (χ2n) is 4.48. The molecule has 0 aromatic heterocycles. The van der Waals surface area contributed by atoms with Crippen LogP contribution >= 0.6 is 0 Å². The molecule has 16 heavy (non-hydrogen) atoms. The first kappa shape index (κ1) is 11.0. The summed E-state index contributed by atoms with van der Waals surface area (Å²) in [5, 5.41) is 5.87. The van der Waals surface area contributed by atoms with Crippen molar-refractivity contribution in [1.82, 2.24) is 10.6 Å². The van der Waals surface area contributed by atoms with Crippen LogP contribution in [-0.2, 0) is 6.42 Å². The van der Waals surface area contributed by atoms with Gasteiger partial charge in [0.1, 0.15) is 0 Å². The molecule has 0 heterocycles. The lowest BCUT2D eigenvalue weighted by Crippen LogP contribution is -2.42. The zero-order valence-electron chi connectivity index (χ0n) is 9.57. The van der Waals surface area contributed by atoms with Gasteiger partial charge in [-0.15, -0.1) is 0 Å². The molecule has 0 spiro atoms. The van der Waals surface area contributed by atoms with Crippen LogP contribution in [0.4, 0.5) is 4.79 Å². The summed E-state index contributed by atoms with van der Waals surface area (Å²) in [6.45, 7) is 2.03. The summed E-state index contributed by atoms with van der Waals surface area (Å²) >= 11 is 0. The smallest absolute Gasteiger partial charge is 0.315 e. The van der Waals surface area contributed by atoms with E-state index in [9.17, 15) is 4.79 Å². The molecule has 1 aromatic rings. The van der Waals surface area contributed by atoms with Crippen molar-refractivity contribution in [2.24, 2.45) is 0 Å². The Morgan fingerprint density at radius 1 is 1.38 bits per heavy atom. The van der Waals surface area contributed by atoms with E-state index in [0.29, 0.717) is 6.04 Å². The molecule has 2 rings (SSSR count). The van der Waals surface area contributed by atoms with Gasteiger partial charge in [-0.25, -0.2) is 4.79 Å². The van der Waals surface area contributed by atoms with Crippen molar-refractivity contribution in [2.45, 2.75) is 38.3 Å². The third-order valence-electron chi connectivity index (χ3n) is 2.67. The van der Waals surface area contributed by atoms with Gasteiger partial charge in [-0.1, -0.05) is 30.3 Å². The van der Waals surface area contributed by atoms with E-state index < -0.39 is 0 Å². The van der Waals surface area contributed by atoms with Crippen molar-refractivity contribution in [2.75, 3.05) is 0 Å². The van der Waals surface area contributed by atoms with Gasteiger partial charge in [-0.2, -0.15) is 0 Å². The first-order valence-electron chi connectivity index (χ1n) is 5.85. The largest absolute Gasteiger partial charge is 0.335 e. The van der Waals surface area contributed by atoms with Gasteiger partial charge in [0.05, 0.1) is 0 Å². The van der Waals surface area contributed by atoms with Crippen LogP contribution in [0, 0.1) is 0 Å². The fraction of sp³-hybridized carbons (Fsp3) is 0.462. The molecule has 0 bridgehead atoms. The van der Waals surface area contributed by atoms with Crippen molar-refractivity contribution in [3.63, 3.8) is 0 Å². The summed E-state index contributed by atoms with van der Waals surface area (Å²) in [6.07, 6.45) is 3.12. The van der Waals surface area contributed by atoms with Crippen LogP contribution < -0.4 is 10.6 Å². The van der Waals surface area contributed by atoms with Gasteiger partial charge in [0.25, 0.3) is 0 Å². The van der Waals surface area contributed by atoms with E-state index in [1.54, 1.807) is 0 Å². The van der Waals surface area contributed by atoms with Gasteiger partial charge >= 0.3 is 6.03 Å². The van der Waals surface area contributed by atoms with Crippen LogP contribution in [0.1, 0.15) is 25.3 Å². The lowest BCUT2D eigenvalue weighted by atomic mass is 10.1. The van der Waals surface area contributed by atoms with Gasteiger partial charge in [-0.05, 0) is 31.7 Å². The molecule has 1 aliphatic rings. The zero-order valence-corrected chi connectivity index (χ0v) is 9.57. The molecule has 3 nitrogen and oxygen atoms in total. The van der Waals surface area contributed by atoms with E-state index in [1.807, 2.05) is 25.1 Å². The third-order valence-corrected chi connectivity index (χ3v) is 2.67. The highest BCUT2D eigenvalue weighted by atomic mass is 16.2. The summed E-state index contributed by atoms with van der Waals surface area (Å²) in [7, 11) is 0. The molecule has 0 saturated heterocycles. The molecule has 2 N–H and O–H groups in total. The quantitative estimate of drug-likeness (QED) is 0.798. The Kier molecular flexibility index (Phi) is 3.44. The molecule has 86 valence electrons. The molecule has 1 fully saturated rings. The molecule has 2 amide bonds. The van der Waals surface area contributed by atoms with Gasteiger partial charge in [0.2, 0.25) is 0 Å². The number of urea groups is 1. The maximum atomic E-state index is 11.5. The predicted molar refractivity (Wildman–Crippen MR) is 64.3 cm³/mol. The van der Waals surface area contributed by atoms with Crippen LogP contribution in [0.2, 0.25) is 0 Å². The fourth-order valence-electron chi connectivity index (χ4n) is 1.70. The van der Waals surface area contributed by atoms with E-state index in [-0.39, 0.29) is 12.1 Å². The number of nitrogens with one attached hydrogen (secondary N) is 2. The minimum atomic E-state index is -0.0362. The van der Waals surface area contributed by atoms with Crippen LogP contribution in [0.3, 0.4) is 0 Å². The van der Waals surface area contributed by atoms with Crippen molar-refractivity contribution in [3.05, 3.63) is 35.9 Å². The minimum Gasteiger partial charge on any atom is -0.335 e. The summed E-state index contributed by atoms with van der Waals surface area (Å²) in [5.74, 6) is 0. The van der Waals surface area contributed by atoms with Crippen molar-refractivity contribution in [1.29, 1.82) is 0 Å². The van der Waals surface area contributed by atoms with Gasteiger partial charge < -0.3 is 10.6 Å². The van der Waals surface area contributed by atoms with Crippen molar-refractivity contribution >= 4 is 6.03 Å². The Morgan fingerprint density at radius 2 is 2.06 bits per heavy atom. The number of benzene rings is 1. The summed E-state index contributed by atoms with van der Waals surface area (Å²) in [4.78, 5) is 11.5. The fourth-order valence-corrected chi connectivity index (χ4v) is 1.70. The standard InChI is InChI=1S/C13H18N2O/c1-10(9-11-5-3-2-4-6-11)14-13(16)15-12-7-8-12/h2-6,10,12H,7-9H2,1H3,(H2,14,15,16).